The Morgan fingerprint density at radius 2 is 2.11 bits per heavy atom. The summed E-state index contributed by atoms with van der Waals surface area (Å²) < 4.78 is 26.0. The van der Waals surface area contributed by atoms with Gasteiger partial charge in [-0.25, -0.2) is 8.42 Å². The van der Waals surface area contributed by atoms with Gasteiger partial charge in [0, 0.05) is 25.2 Å². The molecule has 1 aliphatic carbocycles. The molecule has 1 fully saturated rings. The largest absolute Gasteiger partial charge is 0.323 e. The minimum Gasteiger partial charge on any atom is -0.323 e. The second-order valence-electron chi connectivity index (χ2n) is 4.33. The zero-order chi connectivity index (χ0) is 14.2. The zero-order valence-corrected chi connectivity index (χ0v) is 11.1. The van der Waals surface area contributed by atoms with Crippen LogP contribution in [0.25, 0.3) is 0 Å². The van der Waals surface area contributed by atoms with Crippen LogP contribution in [0.5, 0.6) is 0 Å². The minimum atomic E-state index is -3.79. The molecule has 1 aromatic carbocycles. The highest BCUT2D eigenvalue weighted by Gasteiger charge is 2.36. The summed E-state index contributed by atoms with van der Waals surface area (Å²) in [5.74, 6) is 5.26. The number of rotatable bonds is 5. The van der Waals surface area contributed by atoms with Gasteiger partial charge in [-0.05, 0) is 18.9 Å². The van der Waals surface area contributed by atoms with Crippen molar-refractivity contribution in [1.82, 2.24) is 4.31 Å². The molecule has 0 amide bonds. The highest BCUT2D eigenvalue weighted by Crippen LogP contribution is 2.34. The lowest BCUT2D eigenvalue weighted by Gasteiger charge is -2.18. The quantitative estimate of drug-likeness (QED) is 0.466. The molecule has 0 heterocycles. The number of nitro groups is 1. The number of nitrogens with zero attached hydrogens (tertiary/aromatic N) is 2. The lowest BCUT2D eigenvalue weighted by atomic mass is 10.3. The second-order valence-corrected chi connectivity index (χ2v) is 6.30. The summed E-state index contributed by atoms with van der Waals surface area (Å²) in [5.41, 5.74) is 2.10. The van der Waals surface area contributed by atoms with Crippen molar-refractivity contribution >= 4 is 21.4 Å². The van der Waals surface area contributed by atoms with Gasteiger partial charge < -0.3 is 5.43 Å². The molecule has 1 saturated carbocycles. The molecule has 2 rings (SSSR count). The van der Waals surface area contributed by atoms with E-state index in [0.717, 1.165) is 18.9 Å². The Bertz CT molecular complexity index is 612. The maximum atomic E-state index is 12.4. The normalized spacial score (nSPS) is 15.5. The number of nitro benzene ring substituents is 1. The third kappa shape index (κ3) is 2.53. The molecular weight excluding hydrogens is 272 g/mol. The van der Waals surface area contributed by atoms with Gasteiger partial charge in [0.05, 0.1) is 10.6 Å². The van der Waals surface area contributed by atoms with Crippen LogP contribution in [0.15, 0.2) is 23.1 Å². The van der Waals surface area contributed by atoms with Crippen molar-refractivity contribution in [3.63, 3.8) is 0 Å². The first-order valence-corrected chi connectivity index (χ1v) is 7.05. The topological polar surface area (TPSA) is 119 Å². The van der Waals surface area contributed by atoms with Crippen LogP contribution in [-0.2, 0) is 10.0 Å². The number of nitrogens with one attached hydrogen (secondary N) is 1. The van der Waals surface area contributed by atoms with E-state index in [2.05, 4.69) is 5.43 Å². The van der Waals surface area contributed by atoms with Gasteiger partial charge in [-0.2, -0.15) is 4.31 Å². The first kappa shape index (κ1) is 13.7. The molecule has 1 aliphatic rings. The first-order chi connectivity index (χ1) is 8.87. The Kier molecular flexibility index (Phi) is 3.43. The van der Waals surface area contributed by atoms with Gasteiger partial charge >= 0.3 is 0 Å². The molecule has 0 saturated heterocycles. The molecule has 0 bridgehead atoms. The standard InChI is InChI=1S/C10H14N4O4S/c1-13(7-2-3-7)19(17,18)10-6-8(14(15)16)4-5-9(10)12-11/h4-7,12H,2-3,11H2,1H3. The zero-order valence-electron chi connectivity index (χ0n) is 10.2. The van der Waals surface area contributed by atoms with Gasteiger partial charge in [-0.15, -0.1) is 0 Å². The van der Waals surface area contributed by atoms with Crippen molar-refractivity contribution in [3.8, 4) is 0 Å². The van der Waals surface area contributed by atoms with Crippen molar-refractivity contribution in [1.29, 1.82) is 0 Å². The van der Waals surface area contributed by atoms with E-state index in [4.69, 9.17) is 5.84 Å². The number of hydrogen-bond acceptors (Lipinski definition) is 6. The fourth-order valence-electron chi connectivity index (χ4n) is 1.75. The number of nitrogens with two attached hydrogens (primary N) is 1. The summed E-state index contributed by atoms with van der Waals surface area (Å²) in [6.45, 7) is 0. The third-order valence-electron chi connectivity index (χ3n) is 3.05. The van der Waals surface area contributed by atoms with E-state index in [-0.39, 0.29) is 22.3 Å². The summed E-state index contributed by atoms with van der Waals surface area (Å²) in [7, 11) is -2.32. The second kappa shape index (κ2) is 4.76. The SMILES string of the molecule is CN(C1CC1)S(=O)(=O)c1cc([N+](=O)[O-])ccc1NN. The highest BCUT2D eigenvalue weighted by molar-refractivity contribution is 7.89. The molecule has 1 aromatic rings. The molecule has 104 valence electrons. The Hall–Kier alpha value is -1.71. The maximum absolute atomic E-state index is 12.4. The number of anilines is 1. The van der Waals surface area contributed by atoms with Crippen molar-refractivity contribution in [2.75, 3.05) is 12.5 Å². The van der Waals surface area contributed by atoms with Crippen molar-refractivity contribution in [2.45, 2.75) is 23.8 Å². The van der Waals surface area contributed by atoms with E-state index in [1.807, 2.05) is 0 Å². The molecule has 0 atom stereocenters. The van der Waals surface area contributed by atoms with Gasteiger partial charge in [0.25, 0.3) is 5.69 Å². The number of non-ortho nitro benzene ring substituents is 1. The summed E-state index contributed by atoms with van der Waals surface area (Å²) in [6.07, 6.45) is 1.60. The van der Waals surface area contributed by atoms with E-state index < -0.39 is 14.9 Å². The average Bonchev–Trinajstić information content (AvgIpc) is 3.21. The fraction of sp³-hybridized carbons (Fsp3) is 0.400. The maximum Gasteiger partial charge on any atom is 0.270 e. The average molecular weight is 286 g/mol. The van der Waals surface area contributed by atoms with E-state index in [1.54, 1.807) is 0 Å². The highest BCUT2D eigenvalue weighted by atomic mass is 32.2. The number of hydrazine groups is 1. The smallest absolute Gasteiger partial charge is 0.270 e. The van der Waals surface area contributed by atoms with E-state index in [1.165, 1.54) is 23.5 Å². The number of hydrogen-bond donors (Lipinski definition) is 2. The van der Waals surface area contributed by atoms with Gasteiger partial charge in [0.15, 0.2) is 0 Å². The molecule has 9 heteroatoms. The van der Waals surface area contributed by atoms with Gasteiger partial charge in [-0.3, -0.25) is 16.0 Å². The molecule has 0 radical (unpaired) electrons. The summed E-state index contributed by atoms with van der Waals surface area (Å²) in [5, 5.41) is 10.7. The van der Waals surface area contributed by atoms with Gasteiger partial charge in [0.1, 0.15) is 4.90 Å². The summed E-state index contributed by atoms with van der Waals surface area (Å²) >= 11 is 0. The van der Waals surface area contributed by atoms with E-state index in [9.17, 15) is 18.5 Å². The molecule has 19 heavy (non-hydrogen) atoms. The Balaban J connectivity index is 2.52. The predicted octanol–water partition coefficient (Wildman–Crippen LogP) is 0.663. The molecule has 8 nitrogen and oxygen atoms in total. The van der Waals surface area contributed by atoms with Crippen molar-refractivity contribution < 1.29 is 13.3 Å². The number of sulfonamides is 1. The fourth-order valence-corrected chi connectivity index (χ4v) is 3.33. The lowest BCUT2D eigenvalue weighted by Crippen LogP contribution is -2.30. The Labute approximate surface area is 110 Å². The molecule has 0 spiro atoms. The number of benzene rings is 1. The Morgan fingerprint density at radius 1 is 1.47 bits per heavy atom. The van der Waals surface area contributed by atoms with E-state index in [0.29, 0.717) is 0 Å². The Morgan fingerprint density at radius 3 is 2.58 bits per heavy atom. The molecular formula is C10H14N4O4S. The molecule has 0 aliphatic heterocycles. The number of nitrogen functional groups attached to an aromatic ring is 1. The predicted molar refractivity (Wildman–Crippen MR) is 68.9 cm³/mol. The summed E-state index contributed by atoms with van der Waals surface area (Å²) in [6, 6.07) is 3.47. The van der Waals surface area contributed by atoms with Crippen LogP contribution < -0.4 is 11.3 Å². The van der Waals surface area contributed by atoms with Crippen LogP contribution in [0, 0.1) is 10.1 Å². The minimum absolute atomic E-state index is 0.0325. The first-order valence-electron chi connectivity index (χ1n) is 5.61. The van der Waals surface area contributed by atoms with Crippen molar-refractivity contribution in [2.24, 2.45) is 5.84 Å². The molecule has 3 N–H and O–H groups in total. The third-order valence-corrected chi connectivity index (χ3v) is 5.00. The molecule has 0 aromatic heterocycles. The van der Waals surface area contributed by atoms with Crippen LogP contribution in [0.3, 0.4) is 0 Å². The van der Waals surface area contributed by atoms with Gasteiger partial charge in [-0.1, -0.05) is 0 Å². The summed E-state index contributed by atoms with van der Waals surface area (Å²) in [4.78, 5) is 9.92. The van der Waals surface area contributed by atoms with Crippen LogP contribution >= 0.6 is 0 Å². The van der Waals surface area contributed by atoms with Crippen LogP contribution in [0.1, 0.15) is 12.8 Å². The van der Waals surface area contributed by atoms with Crippen LogP contribution in [-0.4, -0.2) is 30.7 Å². The monoisotopic (exact) mass is 286 g/mol. The van der Waals surface area contributed by atoms with Crippen LogP contribution in [0.4, 0.5) is 11.4 Å². The van der Waals surface area contributed by atoms with E-state index >= 15 is 0 Å². The molecule has 0 unspecified atom stereocenters. The van der Waals surface area contributed by atoms with Crippen LogP contribution in [0.2, 0.25) is 0 Å². The van der Waals surface area contributed by atoms with Gasteiger partial charge in [0.2, 0.25) is 10.0 Å². The lowest BCUT2D eigenvalue weighted by molar-refractivity contribution is -0.385. The van der Waals surface area contributed by atoms with Crippen molar-refractivity contribution in [3.05, 3.63) is 28.3 Å².